The van der Waals surface area contributed by atoms with Crippen LogP contribution in [0.5, 0.6) is 0 Å². The average Bonchev–Trinajstić information content (AvgIpc) is 3.27. The van der Waals surface area contributed by atoms with Crippen LogP contribution in [0.2, 0.25) is 0 Å². The topological polar surface area (TPSA) is 72.0 Å². The van der Waals surface area contributed by atoms with E-state index < -0.39 is 0 Å². The van der Waals surface area contributed by atoms with Crippen LogP contribution in [0.15, 0.2) is 47.2 Å². The van der Waals surface area contributed by atoms with Gasteiger partial charge in [0.05, 0.1) is 11.7 Å². The standard InChI is InChI=1S/C16H18N6O/c1-21-10-8-17-11-14(21)15-19-16(23-20-15)12-3-5-13(6-4-12)22-9-2-7-18-22/h2-7,9,14,17H,8,10-11H2,1H3. The smallest absolute Gasteiger partial charge is 0.257 e. The highest BCUT2D eigenvalue weighted by atomic mass is 16.5. The molecule has 0 radical (unpaired) electrons. The minimum absolute atomic E-state index is 0.157. The lowest BCUT2D eigenvalue weighted by atomic mass is 10.2. The maximum Gasteiger partial charge on any atom is 0.257 e. The van der Waals surface area contributed by atoms with Crippen molar-refractivity contribution in [3.05, 3.63) is 48.5 Å². The molecule has 0 aliphatic carbocycles. The lowest BCUT2D eigenvalue weighted by molar-refractivity contribution is 0.190. The van der Waals surface area contributed by atoms with Crippen molar-refractivity contribution in [1.82, 2.24) is 30.1 Å². The Kier molecular flexibility index (Phi) is 3.64. The molecule has 0 spiro atoms. The molecule has 0 saturated carbocycles. The predicted molar refractivity (Wildman–Crippen MR) is 85.1 cm³/mol. The quantitative estimate of drug-likeness (QED) is 0.790. The zero-order valence-electron chi connectivity index (χ0n) is 12.9. The SMILES string of the molecule is CN1CCNCC1c1noc(-c2ccc(-n3cccn3)cc2)n1. The van der Waals surface area contributed by atoms with Gasteiger partial charge in [-0.3, -0.25) is 4.90 Å². The lowest BCUT2D eigenvalue weighted by Gasteiger charge is -2.30. The fourth-order valence-electron chi connectivity index (χ4n) is 2.76. The summed E-state index contributed by atoms with van der Waals surface area (Å²) in [6, 6.07) is 9.96. The van der Waals surface area contributed by atoms with Crippen LogP contribution < -0.4 is 5.32 Å². The fourth-order valence-corrected chi connectivity index (χ4v) is 2.76. The molecule has 1 saturated heterocycles. The van der Waals surface area contributed by atoms with Crippen LogP contribution in [0.4, 0.5) is 0 Å². The van der Waals surface area contributed by atoms with Gasteiger partial charge in [-0.2, -0.15) is 10.1 Å². The third-order valence-electron chi connectivity index (χ3n) is 4.13. The van der Waals surface area contributed by atoms with Gasteiger partial charge in [0.2, 0.25) is 0 Å². The predicted octanol–water partition coefficient (Wildman–Crippen LogP) is 1.50. The molecule has 1 aliphatic heterocycles. The molecule has 1 aromatic carbocycles. The molecule has 0 bridgehead atoms. The summed E-state index contributed by atoms with van der Waals surface area (Å²) in [5.41, 5.74) is 1.90. The molecule has 3 heterocycles. The zero-order chi connectivity index (χ0) is 15.6. The first-order chi connectivity index (χ1) is 11.3. The summed E-state index contributed by atoms with van der Waals surface area (Å²) in [6.45, 7) is 2.81. The van der Waals surface area contributed by atoms with E-state index in [0.717, 1.165) is 36.7 Å². The summed E-state index contributed by atoms with van der Waals surface area (Å²) in [5.74, 6) is 1.27. The van der Waals surface area contributed by atoms with E-state index in [2.05, 4.69) is 32.5 Å². The highest BCUT2D eigenvalue weighted by Gasteiger charge is 2.25. The summed E-state index contributed by atoms with van der Waals surface area (Å²) < 4.78 is 7.26. The van der Waals surface area contributed by atoms with Gasteiger partial charge in [-0.05, 0) is 37.4 Å². The number of benzene rings is 1. The van der Waals surface area contributed by atoms with E-state index in [1.165, 1.54) is 0 Å². The second-order valence-corrected chi connectivity index (χ2v) is 5.66. The zero-order valence-corrected chi connectivity index (χ0v) is 12.9. The first-order valence-electron chi connectivity index (χ1n) is 7.66. The van der Waals surface area contributed by atoms with Gasteiger partial charge in [-0.15, -0.1) is 0 Å². The van der Waals surface area contributed by atoms with Crippen LogP contribution in [-0.4, -0.2) is 51.5 Å². The summed E-state index contributed by atoms with van der Waals surface area (Å²) in [7, 11) is 2.08. The Morgan fingerprint density at radius 3 is 2.87 bits per heavy atom. The molecule has 2 aromatic heterocycles. The minimum atomic E-state index is 0.157. The highest BCUT2D eigenvalue weighted by molar-refractivity contribution is 5.55. The Hall–Kier alpha value is -2.51. The first kappa shape index (κ1) is 14.1. The Bertz CT molecular complexity index is 764. The normalized spacial score (nSPS) is 19.1. The molecule has 1 fully saturated rings. The van der Waals surface area contributed by atoms with E-state index >= 15 is 0 Å². The van der Waals surface area contributed by atoms with Crippen molar-refractivity contribution < 1.29 is 4.52 Å². The number of aromatic nitrogens is 4. The summed E-state index contributed by atoms with van der Waals surface area (Å²) in [4.78, 5) is 6.81. The van der Waals surface area contributed by atoms with Gasteiger partial charge in [-0.1, -0.05) is 5.16 Å². The Labute approximate surface area is 133 Å². The van der Waals surface area contributed by atoms with E-state index in [4.69, 9.17) is 4.52 Å². The Morgan fingerprint density at radius 1 is 1.26 bits per heavy atom. The second-order valence-electron chi connectivity index (χ2n) is 5.66. The molecule has 4 rings (SSSR count). The summed E-state index contributed by atoms with van der Waals surface area (Å²) >= 11 is 0. The van der Waals surface area contributed by atoms with Crippen LogP contribution in [0.1, 0.15) is 11.9 Å². The first-order valence-corrected chi connectivity index (χ1v) is 7.66. The van der Waals surface area contributed by atoms with E-state index in [1.54, 1.807) is 6.20 Å². The van der Waals surface area contributed by atoms with Gasteiger partial charge in [0.25, 0.3) is 5.89 Å². The molecular formula is C16H18N6O. The molecule has 23 heavy (non-hydrogen) atoms. The van der Waals surface area contributed by atoms with E-state index in [9.17, 15) is 0 Å². The number of piperazine rings is 1. The number of rotatable bonds is 3. The third kappa shape index (κ3) is 2.76. The van der Waals surface area contributed by atoms with Crippen LogP contribution in [-0.2, 0) is 0 Å². The molecule has 1 unspecified atom stereocenters. The van der Waals surface area contributed by atoms with Crippen molar-refractivity contribution in [2.75, 3.05) is 26.7 Å². The molecule has 1 atom stereocenters. The van der Waals surface area contributed by atoms with Crippen LogP contribution >= 0.6 is 0 Å². The molecule has 0 amide bonds. The molecule has 7 nitrogen and oxygen atoms in total. The monoisotopic (exact) mass is 310 g/mol. The molecule has 1 aliphatic rings. The largest absolute Gasteiger partial charge is 0.334 e. The van der Waals surface area contributed by atoms with Crippen LogP contribution in [0, 0.1) is 0 Å². The van der Waals surface area contributed by atoms with Gasteiger partial charge in [-0.25, -0.2) is 4.68 Å². The molecular weight excluding hydrogens is 292 g/mol. The number of nitrogens with zero attached hydrogens (tertiary/aromatic N) is 5. The lowest BCUT2D eigenvalue weighted by Crippen LogP contribution is -2.44. The summed E-state index contributed by atoms with van der Waals surface area (Å²) in [5, 5.41) is 11.7. The summed E-state index contributed by atoms with van der Waals surface area (Å²) in [6.07, 6.45) is 3.67. The molecule has 7 heteroatoms. The molecule has 1 N–H and O–H groups in total. The number of hydrogen-bond donors (Lipinski definition) is 1. The van der Waals surface area contributed by atoms with Gasteiger partial charge >= 0.3 is 0 Å². The maximum absolute atomic E-state index is 5.44. The van der Waals surface area contributed by atoms with Crippen molar-refractivity contribution in [1.29, 1.82) is 0 Å². The average molecular weight is 310 g/mol. The van der Waals surface area contributed by atoms with E-state index in [0.29, 0.717) is 5.89 Å². The van der Waals surface area contributed by atoms with Gasteiger partial charge in [0, 0.05) is 37.6 Å². The molecule has 3 aromatic rings. The van der Waals surface area contributed by atoms with Crippen molar-refractivity contribution in [2.24, 2.45) is 0 Å². The van der Waals surface area contributed by atoms with Crippen LogP contribution in [0.3, 0.4) is 0 Å². The number of nitrogens with one attached hydrogen (secondary N) is 1. The number of hydrogen-bond acceptors (Lipinski definition) is 6. The number of likely N-dealkylation sites (N-methyl/N-ethyl adjacent to an activating group) is 1. The Balaban J connectivity index is 1.56. The second kappa shape index (κ2) is 5.94. The Morgan fingerprint density at radius 2 is 2.13 bits per heavy atom. The van der Waals surface area contributed by atoms with Crippen molar-refractivity contribution in [2.45, 2.75) is 6.04 Å². The van der Waals surface area contributed by atoms with Gasteiger partial charge in [0.1, 0.15) is 0 Å². The fraction of sp³-hybridized carbons (Fsp3) is 0.312. The van der Waals surface area contributed by atoms with E-state index in [-0.39, 0.29) is 6.04 Å². The minimum Gasteiger partial charge on any atom is -0.334 e. The maximum atomic E-state index is 5.44. The highest BCUT2D eigenvalue weighted by Crippen LogP contribution is 2.23. The van der Waals surface area contributed by atoms with Gasteiger partial charge in [0.15, 0.2) is 5.82 Å². The van der Waals surface area contributed by atoms with E-state index in [1.807, 2.05) is 41.2 Å². The van der Waals surface area contributed by atoms with Crippen molar-refractivity contribution >= 4 is 0 Å². The third-order valence-corrected chi connectivity index (χ3v) is 4.13. The van der Waals surface area contributed by atoms with Crippen molar-refractivity contribution in [3.8, 4) is 17.1 Å². The molecule has 118 valence electrons. The van der Waals surface area contributed by atoms with Crippen LogP contribution in [0.25, 0.3) is 17.1 Å². The van der Waals surface area contributed by atoms with Gasteiger partial charge < -0.3 is 9.84 Å². The van der Waals surface area contributed by atoms with Crippen molar-refractivity contribution in [3.63, 3.8) is 0 Å².